The lowest BCUT2D eigenvalue weighted by atomic mass is 9.47. The van der Waals surface area contributed by atoms with E-state index in [4.69, 9.17) is 0 Å². The molecule has 3 fully saturated rings. The number of hydrogen-bond donors (Lipinski definition) is 2. The maximum absolute atomic E-state index is 12.4. The molecule has 4 rings (SSSR count). The first-order chi connectivity index (χ1) is 10.4. The monoisotopic (exact) mass is 304 g/mol. The average Bonchev–Trinajstić information content (AvgIpc) is 2.79. The summed E-state index contributed by atoms with van der Waals surface area (Å²) >= 11 is 0. The van der Waals surface area contributed by atoms with Crippen molar-refractivity contribution >= 4 is 5.78 Å². The molecule has 0 aliphatic heterocycles. The number of hydrogen-bond acceptors (Lipinski definition) is 3. The van der Waals surface area contributed by atoms with E-state index in [0.717, 1.165) is 44.1 Å². The predicted octanol–water partition coefficient (Wildman–Crippen LogP) is 2.85. The number of ketones is 1. The third kappa shape index (κ3) is 1.73. The second-order valence-electron chi connectivity index (χ2n) is 8.66. The first kappa shape index (κ1) is 14.9. The van der Waals surface area contributed by atoms with Crippen molar-refractivity contribution < 1.29 is 15.0 Å². The molecule has 0 amide bonds. The molecule has 0 heterocycles. The van der Waals surface area contributed by atoms with Gasteiger partial charge in [0, 0.05) is 11.8 Å². The highest BCUT2D eigenvalue weighted by atomic mass is 16.3. The SMILES string of the molecule is C[C@]12CCC(O)C(O)C1=CC[C@@H]1[C@@H]2CC[C@]2(C)C(=O)CC[C@@H]12. The summed E-state index contributed by atoms with van der Waals surface area (Å²) < 4.78 is 0. The van der Waals surface area contributed by atoms with E-state index in [9.17, 15) is 15.0 Å². The third-order valence-corrected chi connectivity index (χ3v) is 7.88. The topological polar surface area (TPSA) is 57.5 Å². The molecule has 0 aromatic carbocycles. The quantitative estimate of drug-likeness (QED) is 0.677. The molecule has 3 heteroatoms. The van der Waals surface area contributed by atoms with Crippen LogP contribution >= 0.6 is 0 Å². The number of aliphatic hydroxyl groups is 2. The molecule has 122 valence electrons. The summed E-state index contributed by atoms with van der Waals surface area (Å²) in [6, 6.07) is 0. The fraction of sp³-hybridized carbons (Fsp3) is 0.842. The Balaban J connectivity index is 1.71. The van der Waals surface area contributed by atoms with Crippen LogP contribution in [0.15, 0.2) is 11.6 Å². The van der Waals surface area contributed by atoms with Crippen molar-refractivity contribution in [1.82, 2.24) is 0 Å². The van der Waals surface area contributed by atoms with E-state index >= 15 is 0 Å². The maximum atomic E-state index is 12.4. The van der Waals surface area contributed by atoms with Gasteiger partial charge in [0.05, 0.1) is 6.10 Å². The minimum Gasteiger partial charge on any atom is -0.390 e. The number of rotatable bonds is 0. The second kappa shape index (κ2) is 4.67. The van der Waals surface area contributed by atoms with Crippen LogP contribution in [0.25, 0.3) is 0 Å². The summed E-state index contributed by atoms with van der Waals surface area (Å²) in [6.45, 7) is 4.49. The van der Waals surface area contributed by atoms with Gasteiger partial charge in [-0.1, -0.05) is 19.9 Å². The number of carbonyl (C=O) groups excluding carboxylic acids is 1. The van der Waals surface area contributed by atoms with Crippen molar-refractivity contribution in [2.24, 2.45) is 28.6 Å². The van der Waals surface area contributed by atoms with Crippen LogP contribution in [0, 0.1) is 28.6 Å². The number of allylic oxidation sites excluding steroid dienone is 1. The van der Waals surface area contributed by atoms with E-state index < -0.39 is 12.2 Å². The van der Waals surface area contributed by atoms with E-state index in [1.54, 1.807) is 0 Å². The average molecular weight is 304 g/mol. The minimum absolute atomic E-state index is 0.0224. The molecule has 4 aliphatic rings. The van der Waals surface area contributed by atoms with Crippen LogP contribution in [0.1, 0.15) is 58.8 Å². The van der Waals surface area contributed by atoms with Gasteiger partial charge in [-0.3, -0.25) is 4.79 Å². The molecule has 3 saturated carbocycles. The van der Waals surface area contributed by atoms with Gasteiger partial charge < -0.3 is 10.2 Å². The van der Waals surface area contributed by atoms with Gasteiger partial charge >= 0.3 is 0 Å². The fourth-order valence-electron chi connectivity index (χ4n) is 6.49. The van der Waals surface area contributed by atoms with Crippen LogP contribution in [-0.4, -0.2) is 28.2 Å². The summed E-state index contributed by atoms with van der Waals surface area (Å²) in [5, 5.41) is 20.5. The van der Waals surface area contributed by atoms with Gasteiger partial charge in [-0.15, -0.1) is 0 Å². The summed E-state index contributed by atoms with van der Waals surface area (Å²) in [7, 11) is 0. The molecule has 0 bridgehead atoms. The molecule has 0 radical (unpaired) electrons. The van der Waals surface area contributed by atoms with Gasteiger partial charge in [0.15, 0.2) is 0 Å². The number of carbonyl (C=O) groups is 1. The van der Waals surface area contributed by atoms with Crippen molar-refractivity contribution in [3.05, 3.63) is 11.6 Å². The second-order valence-corrected chi connectivity index (χ2v) is 8.66. The largest absolute Gasteiger partial charge is 0.390 e. The molecule has 0 aromatic rings. The molecular weight excluding hydrogens is 276 g/mol. The van der Waals surface area contributed by atoms with E-state index in [2.05, 4.69) is 19.9 Å². The summed E-state index contributed by atoms with van der Waals surface area (Å²) in [5.41, 5.74) is 1.02. The molecule has 22 heavy (non-hydrogen) atoms. The zero-order valence-corrected chi connectivity index (χ0v) is 13.7. The normalized spacial score (nSPS) is 54.3. The maximum Gasteiger partial charge on any atom is 0.139 e. The molecule has 3 nitrogen and oxygen atoms in total. The highest BCUT2D eigenvalue weighted by Crippen LogP contribution is 2.63. The zero-order chi connectivity index (χ0) is 15.7. The Morgan fingerprint density at radius 1 is 1.05 bits per heavy atom. The van der Waals surface area contributed by atoms with Gasteiger partial charge in [-0.2, -0.15) is 0 Å². The Morgan fingerprint density at radius 3 is 2.50 bits per heavy atom. The molecule has 7 atom stereocenters. The Kier molecular flexibility index (Phi) is 3.16. The number of Topliss-reactive ketones (excluding diaryl/α,β-unsaturated/α-hetero) is 1. The Bertz CT molecular complexity index is 539. The molecule has 0 saturated heterocycles. The van der Waals surface area contributed by atoms with E-state index in [1.807, 2.05) is 0 Å². The van der Waals surface area contributed by atoms with Crippen LogP contribution in [0.2, 0.25) is 0 Å². The first-order valence-corrected chi connectivity index (χ1v) is 8.98. The molecular formula is C19H28O3. The lowest BCUT2D eigenvalue weighted by molar-refractivity contribution is -0.132. The van der Waals surface area contributed by atoms with Crippen molar-refractivity contribution in [3.63, 3.8) is 0 Å². The molecule has 2 N–H and O–H groups in total. The molecule has 4 aliphatic carbocycles. The van der Waals surface area contributed by atoms with Crippen LogP contribution in [0.4, 0.5) is 0 Å². The highest BCUT2D eigenvalue weighted by Gasteiger charge is 2.59. The van der Waals surface area contributed by atoms with E-state index in [-0.39, 0.29) is 10.8 Å². The Morgan fingerprint density at radius 2 is 1.73 bits per heavy atom. The standard InChI is InChI=1S/C19H28O3/c1-18-10-8-15(20)17(22)14(18)4-3-11-12-5-6-16(21)19(12,2)9-7-13(11)18/h4,11-13,15,17,20,22H,3,5-10H2,1-2H3/t11-,12-,13-,15?,17?,18+,19-/m0/s1. The Labute approximate surface area is 132 Å². The molecule has 0 spiro atoms. The zero-order valence-electron chi connectivity index (χ0n) is 13.7. The third-order valence-electron chi connectivity index (χ3n) is 7.88. The lowest BCUT2D eigenvalue weighted by Crippen LogP contribution is -2.53. The summed E-state index contributed by atoms with van der Waals surface area (Å²) in [5.74, 6) is 2.16. The van der Waals surface area contributed by atoms with Crippen LogP contribution in [0.5, 0.6) is 0 Å². The van der Waals surface area contributed by atoms with Gasteiger partial charge in [-0.05, 0) is 67.3 Å². The highest BCUT2D eigenvalue weighted by molar-refractivity contribution is 5.87. The van der Waals surface area contributed by atoms with Crippen molar-refractivity contribution in [2.45, 2.75) is 71.0 Å². The van der Waals surface area contributed by atoms with E-state index in [0.29, 0.717) is 30.0 Å². The van der Waals surface area contributed by atoms with Gasteiger partial charge in [0.2, 0.25) is 0 Å². The van der Waals surface area contributed by atoms with Crippen LogP contribution < -0.4 is 0 Å². The van der Waals surface area contributed by atoms with Crippen molar-refractivity contribution in [2.75, 3.05) is 0 Å². The number of fused-ring (bicyclic) bond motifs is 5. The molecule has 2 unspecified atom stereocenters. The summed E-state index contributed by atoms with van der Waals surface area (Å²) in [4.78, 5) is 12.4. The van der Waals surface area contributed by atoms with E-state index in [1.165, 1.54) is 0 Å². The Hall–Kier alpha value is -0.670. The van der Waals surface area contributed by atoms with Gasteiger partial charge in [-0.25, -0.2) is 0 Å². The summed E-state index contributed by atoms with van der Waals surface area (Å²) in [6.07, 6.45) is 7.50. The smallest absolute Gasteiger partial charge is 0.139 e. The van der Waals surface area contributed by atoms with Crippen molar-refractivity contribution in [3.8, 4) is 0 Å². The predicted molar refractivity (Wildman–Crippen MR) is 84.1 cm³/mol. The van der Waals surface area contributed by atoms with Crippen LogP contribution in [0.3, 0.4) is 0 Å². The van der Waals surface area contributed by atoms with Crippen molar-refractivity contribution in [1.29, 1.82) is 0 Å². The fourth-order valence-corrected chi connectivity index (χ4v) is 6.49. The minimum atomic E-state index is -0.682. The van der Waals surface area contributed by atoms with Gasteiger partial charge in [0.25, 0.3) is 0 Å². The number of aliphatic hydroxyl groups excluding tert-OH is 2. The molecule has 0 aromatic heterocycles. The lowest BCUT2D eigenvalue weighted by Gasteiger charge is -2.57. The first-order valence-electron chi connectivity index (χ1n) is 8.98. The van der Waals surface area contributed by atoms with Crippen LogP contribution in [-0.2, 0) is 4.79 Å². The van der Waals surface area contributed by atoms with Gasteiger partial charge in [0.1, 0.15) is 11.9 Å².